The normalized spacial score (nSPS) is 17.6. The van der Waals surface area contributed by atoms with Gasteiger partial charge in [0.2, 0.25) is 0 Å². The molecule has 5 heteroatoms. The maximum Gasteiger partial charge on any atom is 0.337 e. The van der Waals surface area contributed by atoms with E-state index in [9.17, 15) is 9.90 Å². The van der Waals surface area contributed by atoms with E-state index in [-0.39, 0.29) is 6.04 Å². The highest BCUT2D eigenvalue weighted by Gasteiger charge is 2.19. The van der Waals surface area contributed by atoms with E-state index in [0.717, 1.165) is 30.7 Å². The Hall–Kier alpha value is -1.88. The molecule has 0 amide bonds. The molecular formula is C15H19N3O2. The average molecular weight is 273 g/mol. The zero-order valence-electron chi connectivity index (χ0n) is 11.6. The van der Waals surface area contributed by atoms with E-state index in [1.165, 1.54) is 12.8 Å². The summed E-state index contributed by atoms with van der Waals surface area (Å²) in [5, 5.41) is 9.34. The van der Waals surface area contributed by atoms with Crippen LogP contribution in [0.3, 0.4) is 0 Å². The van der Waals surface area contributed by atoms with E-state index >= 15 is 0 Å². The van der Waals surface area contributed by atoms with Gasteiger partial charge >= 0.3 is 5.97 Å². The summed E-state index contributed by atoms with van der Waals surface area (Å²) in [6.45, 7) is 5.35. The number of fused-ring (bicyclic) bond motifs is 1. The van der Waals surface area contributed by atoms with Crippen LogP contribution in [0.1, 0.15) is 36.2 Å². The van der Waals surface area contributed by atoms with Crippen LogP contribution in [0, 0.1) is 0 Å². The smallest absolute Gasteiger partial charge is 0.337 e. The Morgan fingerprint density at radius 2 is 2.15 bits per heavy atom. The van der Waals surface area contributed by atoms with E-state index < -0.39 is 5.97 Å². The van der Waals surface area contributed by atoms with E-state index in [1.54, 1.807) is 18.5 Å². The number of carboxylic acids is 1. The number of carbonyl (C=O) groups is 1. The molecule has 2 heterocycles. The van der Waals surface area contributed by atoms with E-state index in [1.807, 2.05) is 10.6 Å². The molecule has 5 nitrogen and oxygen atoms in total. The van der Waals surface area contributed by atoms with Crippen molar-refractivity contribution in [1.29, 1.82) is 0 Å². The molecule has 2 aromatic rings. The third kappa shape index (κ3) is 2.29. The molecule has 1 N–H and O–H groups in total. The molecule has 1 aliphatic rings. The molecule has 1 aliphatic heterocycles. The minimum absolute atomic E-state index is 0.221. The molecule has 0 radical (unpaired) electrons. The van der Waals surface area contributed by atoms with Crippen LogP contribution >= 0.6 is 0 Å². The molecule has 1 unspecified atom stereocenters. The number of hydrogen-bond acceptors (Lipinski definition) is 3. The van der Waals surface area contributed by atoms with Crippen molar-refractivity contribution in [3.05, 3.63) is 30.1 Å². The van der Waals surface area contributed by atoms with Crippen LogP contribution in [-0.4, -0.2) is 45.2 Å². The van der Waals surface area contributed by atoms with Gasteiger partial charge in [0.05, 0.1) is 22.9 Å². The minimum Gasteiger partial charge on any atom is -0.478 e. The van der Waals surface area contributed by atoms with Gasteiger partial charge in [0.1, 0.15) is 0 Å². The van der Waals surface area contributed by atoms with Gasteiger partial charge in [0.15, 0.2) is 0 Å². The first-order valence-electron chi connectivity index (χ1n) is 7.08. The summed E-state index contributed by atoms with van der Waals surface area (Å²) in [4.78, 5) is 18.1. The van der Waals surface area contributed by atoms with Crippen molar-refractivity contribution in [2.75, 3.05) is 19.6 Å². The molecule has 1 aromatic carbocycles. The van der Waals surface area contributed by atoms with Crippen LogP contribution in [0.5, 0.6) is 0 Å². The number of carboxylic acid groups (broad SMARTS) is 1. The summed E-state index contributed by atoms with van der Waals surface area (Å²) >= 11 is 0. The number of para-hydroxylation sites is 1. The highest BCUT2D eigenvalue weighted by molar-refractivity contribution is 6.01. The molecule has 1 aromatic heterocycles. The van der Waals surface area contributed by atoms with Gasteiger partial charge in [0, 0.05) is 12.6 Å². The first-order chi connectivity index (χ1) is 9.66. The fraction of sp³-hybridized carbons (Fsp3) is 0.467. The van der Waals surface area contributed by atoms with Crippen LogP contribution < -0.4 is 0 Å². The molecule has 106 valence electrons. The molecule has 1 saturated heterocycles. The lowest BCUT2D eigenvalue weighted by atomic mass is 10.1. The van der Waals surface area contributed by atoms with Crippen LogP contribution in [-0.2, 0) is 0 Å². The van der Waals surface area contributed by atoms with Gasteiger partial charge in [-0.15, -0.1) is 0 Å². The number of rotatable bonds is 4. The first-order valence-corrected chi connectivity index (χ1v) is 7.08. The van der Waals surface area contributed by atoms with Gasteiger partial charge in [0.25, 0.3) is 0 Å². The average Bonchev–Trinajstić information content (AvgIpc) is 3.06. The number of likely N-dealkylation sites (tertiary alicyclic amines) is 1. The summed E-state index contributed by atoms with van der Waals surface area (Å²) < 4.78 is 2.00. The molecule has 0 aliphatic carbocycles. The van der Waals surface area contributed by atoms with Crippen LogP contribution in [0.25, 0.3) is 11.0 Å². The number of aromatic carboxylic acids is 1. The molecule has 0 saturated carbocycles. The Bertz CT molecular complexity index is 629. The van der Waals surface area contributed by atoms with Crippen molar-refractivity contribution in [2.24, 2.45) is 0 Å². The third-order valence-electron chi connectivity index (χ3n) is 4.02. The van der Waals surface area contributed by atoms with Crippen molar-refractivity contribution >= 4 is 17.0 Å². The molecule has 1 atom stereocenters. The van der Waals surface area contributed by atoms with Crippen LogP contribution in [0.4, 0.5) is 0 Å². The predicted octanol–water partition coefficient (Wildman–Crippen LogP) is 2.39. The summed E-state index contributed by atoms with van der Waals surface area (Å²) in [6, 6.07) is 5.47. The van der Waals surface area contributed by atoms with Gasteiger partial charge in [-0.25, -0.2) is 9.78 Å². The van der Waals surface area contributed by atoms with Gasteiger partial charge in [-0.1, -0.05) is 6.07 Å². The molecule has 0 bridgehead atoms. The zero-order chi connectivity index (χ0) is 14.1. The van der Waals surface area contributed by atoms with E-state index in [0.29, 0.717) is 5.56 Å². The highest BCUT2D eigenvalue weighted by atomic mass is 16.4. The molecular weight excluding hydrogens is 254 g/mol. The Balaban J connectivity index is 1.96. The van der Waals surface area contributed by atoms with Gasteiger partial charge < -0.3 is 14.6 Å². The molecule has 20 heavy (non-hydrogen) atoms. The molecule has 0 spiro atoms. The number of imidazole rings is 1. The fourth-order valence-electron chi connectivity index (χ4n) is 3.02. The van der Waals surface area contributed by atoms with Crippen LogP contribution in [0.2, 0.25) is 0 Å². The van der Waals surface area contributed by atoms with Crippen LogP contribution in [0.15, 0.2) is 24.5 Å². The summed E-state index contributed by atoms with van der Waals surface area (Å²) in [7, 11) is 0. The summed E-state index contributed by atoms with van der Waals surface area (Å²) in [5.74, 6) is -0.897. The summed E-state index contributed by atoms with van der Waals surface area (Å²) in [6.07, 6.45) is 4.29. The Morgan fingerprint density at radius 3 is 2.85 bits per heavy atom. The Labute approximate surface area is 117 Å². The second kappa shape index (κ2) is 5.25. The number of aromatic nitrogens is 2. The second-order valence-electron chi connectivity index (χ2n) is 5.49. The van der Waals surface area contributed by atoms with Crippen molar-refractivity contribution in [3.63, 3.8) is 0 Å². The molecule has 3 rings (SSSR count). The second-order valence-corrected chi connectivity index (χ2v) is 5.49. The van der Waals surface area contributed by atoms with Crippen molar-refractivity contribution < 1.29 is 9.90 Å². The predicted molar refractivity (Wildman–Crippen MR) is 77.1 cm³/mol. The topological polar surface area (TPSA) is 58.4 Å². The maximum absolute atomic E-state index is 11.4. The largest absolute Gasteiger partial charge is 0.478 e. The van der Waals surface area contributed by atoms with Gasteiger partial charge in [-0.3, -0.25) is 0 Å². The first kappa shape index (κ1) is 13.1. The SMILES string of the molecule is CC(CN1CCCC1)n1cnc2cccc(C(=O)O)c21. The van der Waals surface area contributed by atoms with Crippen molar-refractivity contribution in [1.82, 2.24) is 14.5 Å². The lowest BCUT2D eigenvalue weighted by Gasteiger charge is -2.22. The molecule has 1 fully saturated rings. The Morgan fingerprint density at radius 1 is 1.40 bits per heavy atom. The van der Waals surface area contributed by atoms with Gasteiger partial charge in [-0.05, 0) is 45.0 Å². The number of hydrogen-bond donors (Lipinski definition) is 1. The highest BCUT2D eigenvalue weighted by Crippen LogP contribution is 2.23. The Kier molecular flexibility index (Phi) is 3.44. The quantitative estimate of drug-likeness (QED) is 0.929. The van der Waals surface area contributed by atoms with Crippen molar-refractivity contribution in [2.45, 2.75) is 25.8 Å². The van der Waals surface area contributed by atoms with E-state index in [2.05, 4.69) is 16.8 Å². The van der Waals surface area contributed by atoms with E-state index in [4.69, 9.17) is 0 Å². The number of nitrogens with zero attached hydrogens (tertiary/aromatic N) is 3. The van der Waals surface area contributed by atoms with Gasteiger partial charge in [-0.2, -0.15) is 0 Å². The third-order valence-corrected chi connectivity index (χ3v) is 4.02. The zero-order valence-corrected chi connectivity index (χ0v) is 11.6. The standard InChI is InChI=1S/C15H19N3O2/c1-11(9-17-7-2-3-8-17)18-10-16-13-6-4-5-12(14(13)18)15(19)20/h4-6,10-11H,2-3,7-9H2,1H3,(H,19,20). The lowest BCUT2D eigenvalue weighted by Crippen LogP contribution is -2.27. The fourth-order valence-corrected chi connectivity index (χ4v) is 3.02. The lowest BCUT2D eigenvalue weighted by molar-refractivity contribution is 0.0698. The minimum atomic E-state index is -0.897. The maximum atomic E-state index is 11.4. The monoisotopic (exact) mass is 273 g/mol. The van der Waals surface area contributed by atoms with Crippen molar-refractivity contribution in [3.8, 4) is 0 Å². The number of benzene rings is 1. The summed E-state index contributed by atoms with van der Waals surface area (Å²) in [5.41, 5.74) is 1.80.